The summed E-state index contributed by atoms with van der Waals surface area (Å²) in [6.07, 6.45) is 0.0226. The second-order valence-electron chi connectivity index (χ2n) is 8.28. The number of nitrogens with zero attached hydrogens (tertiary/aromatic N) is 1. The van der Waals surface area contributed by atoms with Crippen LogP contribution < -0.4 is 11.0 Å². The van der Waals surface area contributed by atoms with Crippen LogP contribution in [0.2, 0.25) is 0 Å². The number of aliphatic hydroxyl groups is 1. The first-order valence-electron chi connectivity index (χ1n) is 11.4. The van der Waals surface area contributed by atoms with Gasteiger partial charge in [-0.2, -0.15) is 5.16 Å². The second-order valence-corrected chi connectivity index (χ2v) is 8.77. The molecule has 0 radical (unpaired) electrons. The Labute approximate surface area is 223 Å². The van der Waals surface area contributed by atoms with E-state index in [0.29, 0.717) is 10.6 Å². The molecule has 3 rings (SSSR count). The SMILES string of the molecule is C=C(Cl)C=C(C)c1ccc(CN(CC(O)C(=O)OCC(=O)c2ccccc2)NC(=O)c2cc(=O)[nH]o2)cc1. The molecule has 0 spiro atoms. The van der Waals surface area contributed by atoms with Crippen LogP contribution in [0.5, 0.6) is 0 Å². The molecule has 0 saturated carbocycles. The molecule has 1 amide bonds. The van der Waals surface area contributed by atoms with E-state index < -0.39 is 35.9 Å². The zero-order chi connectivity index (χ0) is 27.7. The Kier molecular flexibility index (Phi) is 9.94. The van der Waals surface area contributed by atoms with Crippen LogP contribution in [0, 0.1) is 0 Å². The highest BCUT2D eigenvalue weighted by molar-refractivity contribution is 6.31. The van der Waals surface area contributed by atoms with E-state index in [0.717, 1.165) is 22.8 Å². The van der Waals surface area contributed by atoms with E-state index >= 15 is 0 Å². The van der Waals surface area contributed by atoms with Gasteiger partial charge in [-0.1, -0.05) is 72.8 Å². The minimum Gasteiger partial charge on any atom is -0.455 e. The number of hydrazine groups is 1. The van der Waals surface area contributed by atoms with Crippen LogP contribution in [-0.4, -0.2) is 52.2 Å². The molecule has 11 heteroatoms. The largest absolute Gasteiger partial charge is 0.455 e. The van der Waals surface area contributed by atoms with Crippen molar-refractivity contribution in [2.45, 2.75) is 19.6 Å². The first-order valence-corrected chi connectivity index (χ1v) is 11.8. The molecular formula is C27H26ClN3O7. The number of Topliss-reactive ketones (excluding diaryl/α,β-unsaturated/α-hetero) is 1. The smallest absolute Gasteiger partial charge is 0.336 e. The number of carbonyl (C=O) groups is 3. The number of amides is 1. The lowest BCUT2D eigenvalue weighted by Gasteiger charge is -2.24. The van der Waals surface area contributed by atoms with Crippen LogP contribution in [0.3, 0.4) is 0 Å². The Morgan fingerprint density at radius 3 is 2.45 bits per heavy atom. The Hall–Kier alpha value is -4.25. The maximum absolute atomic E-state index is 12.6. The van der Waals surface area contributed by atoms with Gasteiger partial charge in [-0.25, -0.2) is 9.80 Å². The van der Waals surface area contributed by atoms with E-state index in [-0.39, 0.29) is 18.8 Å². The van der Waals surface area contributed by atoms with Crippen molar-refractivity contribution < 1.29 is 28.8 Å². The molecule has 1 aromatic heterocycles. The molecule has 1 heterocycles. The molecule has 3 aromatic rings. The Balaban J connectivity index is 1.69. The van der Waals surface area contributed by atoms with Crippen LogP contribution in [0.1, 0.15) is 39.0 Å². The van der Waals surface area contributed by atoms with Crippen LogP contribution in [0.25, 0.3) is 5.57 Å². The number of rotatable bonds is 12. The minimum absolute atomic E-state index is 0.0684. The fraction of sp³-hybridized carbons (Fsp3) is 0.185. The number of ketones is 1. The topological polar surface area (TPSA) is 142 Å². The molecule has 10 nitrogen and oxygen atoms in total. The van der Waals surface area contributed by atoms with Gasteiger partial charge in [0.2, 0.25) is 5.76 Å². The molecule has 3 N–H and O–H groups in total. The van der Waals surface area contributed by atoms with Crippen molar-refractivity contribution >= 4 is 34.8 Å². The van der Waals surface area contributed by atoms with Gasteiger partial charge in [0, 0.05) is 17.1 Å². The molecule has 0 aliphatic heterocycles. The lowest BCUT2D eigenvalue weighted by Crippen LogP contribution is -2.47. The van der Waals surface area contributed by atoms with Crippen LogP contribution in [0.15, 0.2) is 87.7 Å². The van der Waals surface area contributed by atoms with E-state index in [1.54, 1.807) is 48.5 Å². The number of ether oxygens (including phenoxy) is 1. The molecule has 198 valence electrons. The number of aromatic amines is 1. The van der Waals surface area contributed by atoms with Crippen molar-refractivity contribution in [2.24, 2.45) is 0 Å². The highest BCUT2D eigenvalue weighted by atomic mass is 35.5. The van der Waals surface area contributed by atoms with E-state index in [4.69, 9.17) is 20.9 Å². The van der Waals surface area contributed by atoms with E-state index in [2.05, 4.69) is 12.0 Å². The van der Waals surface area contributed by atoms with Crippen molar-refractivity contribution in [1.29, 1.82) is 0 Å². The number of nitrogens with one attached hydrogen (secondary N) is 2. The second kappa shape index (κ2) is 13.3. The van der Waals surface area contributed by atoms with Crippen molar-refractivity contribution in [3.8, 4) is 0 Å². The van der Waals surface area contributed by atoms with E-state index in [9.17, 15) is 24.3 Å². The molecule has 0 bridgehead atoms. The quantitative estimate of drug-likeness (QED) is 0.138. The van der Waals surface area contributed by atoms with Gasteiger partial charge in [0.25, 0.3) is 5.56 Å². The summed E-state index contributed by atoms with van der Waals surface area (Å²) in [6.45, 7) is 4.66. The summed E-state index contributed by atoms with van der Waals surface area (Å²) in [5, 5.41) is 14.1. The maximum Gasteiger partial charge on any atom is 0.336 e. The highest BCUT2D eigenvalue weighted by Crippen LogP contribution is 2.18. The average molecular weight is 540 g/mol. The number of halogens is 1. The van der Waals surface area contributed by atoms with Gasteiger partial charge in [-0.3, -0.25) is 19.8 Å². The minimum atomic E-state index is -1.70. The Morgan fingerprint density at radius 1 is 1.16 bits per heavy atom. The van der Waals surface area contributed by atoms with Crippen molar-refractivity contribution in [3.05, 3.63) is 111 Å². The van der Waals surface area contributed by atoms with E-state index in [1.165, 1.54) is 5.01 Å². The van der Waals surface area contributed by atoms with Crippen molar-refractivity contribution in [1.82, 2.24) is 15.6 Å². The normalized spacial score (nSPS) is 12.2. The van der Waals surface area contributed by atoms with E-state index in [1.807, 2.05) is 24.2 Å². The van der Waals surface area contributed by atoms with Gasteiger partial charge < -0.3 is 14.4 Å². The lowest BCUT2D eigenvalue weighted by molar-refractivity contribution is -0.153. The highest BCUT2D eigenvalue weighted by Gasteiger charge is 2.24. The molecular weight excluding hydrogens is 514 g/mol. The summed E-state index contributed by atoms with van der Waals surface area (Å²) in [7, 11) is 0. The molecule has 0 fully saturated rings. The van der Waals surface area contributed by atoms with Gasteiger partial charge in [-0.15, -0.1) is 0 Å². The first-order chi connectivity index (χ1) is 18.1. The van der Waals surface area contributed by atoms with Gasteiger partial charge in [0.05, 0.1) is 12.6 Å². The predicted octanol–water partition coefficient (Wildman–Crippen LogP) is 3.06. The van der Waals surface area contributed by atoms with Gasteiger partial charge in [0.15, 0.2) is 18.5 Å². The molecule has 1 unspecified atom stereocenters. The van der Waals surface area contributed by atoms with Crippen LogP contribution >= 0.6 is 11.6 Å². The molecule has 2 aromatic carbocycles. The zero-order valence-corrected chi connectivity index (χ0v) is 21.2. The predicted molar refractivity (Wildman–Crippen MR) is 140 cm³/mol. The molecule has 38 heavy (non-hydrogen) atoms. The molecule has 0 aliphatic rings. The Bertz CT molecular complexity index is 1380. The molecule has 0 aliphatic carbocycles. The third-order valence-electron chi connectivity index (χ3n) is 5.27. The first kappa shape index (κ1) is 28.3. The lowest BCUT2D eigenvalue weighted by atomic mass is 10.0. The van der Waals surface area contributed by atoms with Crippen LogP contribution in [0.4, 0.5) is 0 Å². The standard InChI is InChI=1S/C27H26ClN3O7/c1-17(12-18(2)28)20-10-8-19(9-11-20)14-31(29-26(35)24-13-25(34)30-38-24)15-22(32)27(36)37-16-23(33)21-6-4-3-5-7-21/h3-13,22,32H,2,14-16H2,1H3,(H,29,35)(H,30,34). The van der Waals surface area contributed by atoms with Gasteiger partial charge in [-0.05, 0) is 29.7 Å². The summed E-state index contributed by atoms with van der Waals surface area (Å²) in [4.78, 5) is 48.5. The number of aliphatic hydroxyl groups excluding tert-OH is 1. The number of H-pyrrole nitrogens is 1. The maximum atomic E-state index is 12.6. The third-order valence-corrected chi connectivity index (χ3v) is 5.38. The fourth-order valence-corrected chi connectivity index (χ4v) is 3.54. The van der Waals surface area contributed by atoms with Crippen LogP contribution in [-0.2, 0) is 16.1 Å². The summed E-state index contributed by atoms with van der Waals surface area (Å²) in [5.41, 5.74) is 4.77. The summed E-state index contributed by atoms with van der Waals surface area (Å²) < 4.78 is 9.79. The average Bonchev–Trinajstić information content (AvgIpc) is 3.33. The summed E-state index contributed by atoms with van der Waals surface area (Å²) >= 11 is 5.84. The number of hydrogen-bond acceptors (Lipinski definition) is 8. The third kappa shape index (κ3) is 8.41. The number of hydrogen-bond donors (Lipinski definition) is 3. The fourth-order valence-electron chi connectivity index (χ4n) is 3.38. The Morgan fingerprint density at radius 2 is 1.84 bits per heavy atom. The summed E-state index contributed by atoms with van der Waals surface area (Å²) in [5.74, 6) is -2.54. The molecule has 0 saturated heterocycles. The number of carbonyl (C=O) groups excluding carboxylic acids is 3. The number of esters is 1. The van der Waals surface area contributed by atoms with Crippen molar-refractivity contribution in [3.63, 3.8) is 0 Å². The number of allylic oxidation sites excluding steroid dienone is 3. The number of benzene rings is 2. The summed E-state index contributed by atoms with van der Waals surface area (Å²) in [6, 6.07) is 16.5. The zero-order valence-electron chi connectivity index (χ0n) is 20.5. The molecule has 1 atom stereocenters. The number of aromatic nitrogens is 1. The van der Waals surface area contributed by atoms with Crippen molar-refractivity contribution in [2.75, 3.05) is 13.2 Å². The van der Waals surface area contributed by atoms with Gasteiger partial charge >= 0.3 is 11.9 Å². The monoisotopic (exact) mass is 539 g/mol. The van der Waals surface area contributed by atoms with Gasteiger partial charge in [0.1, 0.15) is 0 Å².